The molecule has 0 heterocycles. The summed E-state index contributed by atoms with van der Waals surface area (Å²) in [5, 5.41) is 18.2. The van der Waals surface area contributed by atoms with Crippen LogP contribution in [0, 0.1) is 0 Å². The van der Waals surface area contributed by atoms with Gasteiger partial charge in [-0.2, -0.15) is 5.10 Å². The maximum absolute atomic E-state index is 12.5. The number of aromatic hydroxyl groups is 1. The van der Waals surface area contributed by atoms with Gasteiger partial charge < -0.3 is 24.6 Å². The second-order valence-electron chi connectivity index (χ2n) is 6.61. The van der Waals surface area contributed by atoms with E-state index in [1.54, 1.807) is 12.1 Å². The van der Waals surface area contributed by atoms with Gasteiger partial charge in [-0.05, 0) is 29.0 Å². The highest BCUT2D eigenvalue weighted by Gasteiger charge is 2.17. The van der Waals surface area contributed by atoms with Gasteiger partial charge >= 0.3 is 0 Å². The van der Waals surface area contributed by atoms with Crippen molar-refractivity contribution in [2.24, 2.45) is 5.10 Å². The van der Waals surface area contributed by atoms with E-state index in [1.165, 1.54) is 39.7 Å². The first kappa shape index (κ1) is 22.4. The van der Waals surface area contributed by atoms with Gasteiger partial charge in [0.2, 0.25) is 5.75 Å². The average molecular weight is 437 g/mol. The SMILES string of the molecule is COc1cc(C(=O)NCC(=O)N/N=C/c2c(O)ccc3ccccc23)cc(OC)c1OC. The third-order valence-corrected chi connectivity index (χ3v) is 4.67. The van der Waals surface area contributed by atoms with Crippen LogP contribution in [0.2, 0.25) is 0 Å². The molecule has 0 atom stereocenters. The Labute approximate surface area is 184 Å². The fourth-order valence-corrected chi connectivity index (χ4v) is 3.10. The van der Waals surface area contributed by atoms with Crippen molar-refractivity contribution in [3.8, 4) is 23.0 Å². The van der Waals surface area contributed by atoms with Crippen LogP contribution in [0.1, 0.15) is 15.9 Å². The summed E-state index contributed by atoms with van der Waals surface area (Å²) in [7, 11) is 4.35. The molecule has 3 aromatic rings. The Morgan fingerprint density at radius 3 is 2.34 bits per heavy atom. The van der Waals surface area contributed by atoms with E-state index in [2.05, 4.69) is 15.8 Å². The first-order valence-corrected chi connectivity index (χ1v) is 9.59. The minimum absolute atomic E-state index is 0.0393. The number of amides is 2. The lowest BCUT2D eigenvalue weighted by molar-refractivity contribution is -0.120. The first-order chi connectivity index (χ1) is 15.5. The molecule has 3 rings (SSSR count). The lowest BCUT2D eigenvalue weighted by Crippen LogP contribution is -2.35. The Morgan fingerprint density at radius 1 is 1.00 bits per heavy atom. The Morgan fingerprint density at radius 2 is 1.69 bits per heavy atom. The summed E-state index contributed by atoms with van der Waals surface area (Å²) in [5.41, 5.74) is 3.04. The highest BCUT2D eigenvalue weighted by molar-refractivity contribution is 6.02. The fourth-order valence-electron chi connectivity index (χ4n) is 3.10. The second kappa shape index (κ2) is 10.2. The van der Waals surface area contributed by atoms with Crippen molar-refractivity contribution in [2.75, 3.05) is 27.9 Å². The molecule has 0 spiro atoms. The van der Waals surface area contributed by atoms with Gasteiger partial charge in [-0.3, -0.25) is 9.59 Å². The van der Waals surface area contributed by atoms with Gasteiger partial charge in [0.15, 0.2) is 11.5 Å². The summed E-state index contributed by atoms with van der Waals surface area (Å²) >= 11 is 0. The number of methoxy groups -OCH3 is 3. The van der Waals surface area contributed by atoms with Crippen LogP contribution in [0.25, 0.3) is 10.8 Å². The number of carbonyl (C=O) groups is 2. The van der Waals surface area contributed by atoms with Crippen LogP contribution in [-0.2, 0) is 4.79 Å². The summed E-state index contributed by atoms with van der Waals surface area (Å²) in [6.07, 6.45) is 1.36. The minimum atomic E-state index is -0.540. The number of nitrogens with one attached hydrogen (secondary N) is 2. The topological polar surface area (TPSA) is 118 Å². The van der Waals surface area contributed by atoms with Crippen LogP contribution in [0.15, 0.2) is 53.6 Å². The van der Waals surface area contributed by atoms with Crippen LogP contribution in [0.4, 0.5) is 0 Å². The van der Waals surface area contributed by atoms with E-state index in [-0.39, 0.29) is 17.9 Å². The third kappa shape index (κ3) is 4.89. The van der Waals surface area contributed by atoms with Crippen molar-refractivity contribution in [1.29, 1.82) is 0 Å². The number of benzene rings is 3. The summed E-state index contributed by atoms with van der Waals surface area (Å²) in [6.45, 7) is -0.311. The van der Waals surface area contributed by atoms with Crippen molar-refractivity contribution in [3.63, 3.8) is 0 Å². The van der Waals surface area contributed by atoms with E-state index in [4.69, 9.17) is 14.2 Å². The average Bonchev–Trinajstić information content (AvgIpc) is 2.82. The predicted octanol–water partition coefficient (Wildman–Crippen LogP) is 2.45. The van der Waals surface area contributed by atoms with E-state index in [0.717, 1.165) is 10.8 Å². The third-order valence-electron chi connectivity index (χ3n) is 4.67. The predicted molar refractivity (Wildman–Crippen MR) is 120 cm³/mol. The number of rotatable bonds is 8. The first-order valence-electron chi connectivity index (χ1n) is 9.59. The van der Waals surface area contributed by atoms with Crippen LogP contribution < -0.4 is 25.0 Å². The highest BCUT2D eigenvalue weighted by Crippen LogP contribution is 2.38. The molecule has 0 radical (unpaired) electrons. The fraction of sp³-hybridized carbons (Fsp3) is 0.174. The molecule has 3 N–H and O–H groups in total. The zero-order valence-corrected chi connectivity index (χ0v) is 17.8. The standard InChI is InChI=1S/C23H23N3O6/c1-30-19-10-15(11-20(31-2)22(19)32-3)23(29)24-13-21(28)26-25-12-17-16-7-5-4-6-14(16)8-9-18(17)27/h4-12,27H,13H2,1-3H3,(H,24,29)(H,26,28)/b25-12+. The maximum atomic E-state index is 12.5. The molecule has 9 nitrogen and oxygen atoms in total. The number of hydrogen-bond acceptors (Lipinski definition) is 7. The van der Waals surface area contributed by atoms with Crippen LogP contribution in [-0.4, -0.2) is 51.0 Å². The van der Waals surface area contributed by atoms with Crippen LogP contribution >= 0.6 is 0 Å². The zero-order chi connectivity index (χ0) is 23.1. The number of phenolic OH excluding ortho intramolecular Hbond substituents is 1. The molecule has 3 aromatic carbocycles. The molecule has 0 bridgehead atoms. The Bertz CT molecular complexity index is 1150. The molecule has 9 heteroatoms. The Balaban J connectivity index is 1.63. The molecular formula is C23H23N3O6. The molecule has 0 aliphatic carbocycles. The number of fused-ring (bicyclic) bond motifs is 1. The Kier molecular flexibility index (Phi) is 7.12. The molecule has 166 valence electrons. The lowest BCUT2D eigenvalue weighted by Gasteiger charge is -2.14. The number of ether oxygens (including phenoxy) is 3. The van der Waals surface area contributed by atoms with Crippen molar-refractivity contribution in [2.45, 2.75) is 0 Å². The smallest absolute Gasteiger partial charge is 0.259 e. The summed E-state index contributed by atoms with van der Waals surface area (Å²) in [6, 6.07) is 13.8. The molecule has 2 amide bonds. The van der Waals surface area contributed by atoms with Crippen molar-refractivity contribution < 1.29 is 28.9 Å². The molecule has 0 saturated carbocycles. The summed E-state index contributed by atoms with van der Waals surface area (Å²) < 4.78 is 15.7. The number of carbonyl (C=O) groups excluding carboxylic acids is 2. The molecule has 0 aromatic heterocycles. The van der Waals surface area contributed by atoms with Crippen molar-refractivity contribution >= 4 is 28.8 Å². The number of hydrogen-bond donors (Lipinski definition) is 3. The van der Waals surface area contributed by atoms with Crippen LogP contribution in [0.5, 0.6) is 23.0 Å². The lowest BCUT2D eigenvalue weighted by atomic mass is 10.0. The number of hydrazone groups is 1. The maximum Gasteiger partial charge on any atom is 0.259 e. The monoisotopic (exact) mass is 437 g/mol. The largest absolute Gasteiger partial charge is 0.507 e. The quantitative estimate of drug-likeness (QED) is 0.368. The van der Waals surface area contributed by atoms with Gasteiger partial charge in [0.1, 0.15) is 5.75 Å². The van der Waals surface area contributed by atoms with Gasteiger partial charge in [0, 0.05) is 11.1 Å². The number of nitrogens with zero attached hydrogens (tertiary/aromatic N) is 1. The number of phenols is 1. The zero-order valence-electron chi connectivity index (χ0n) is 17.8. The molecule has 32 heavy (non-hydrogen) atoms. The molecule has 0 aliphatic rings. The van der Waals surface area contributed by atoms with E-state index in [1.807, 2.05) is 24.3 Å². The van der Waals surface area contributed by atoms with Gasteiger partial charge in [-0.1, -0.05) is 30.3 Å². The van der Waals surface area contributed by atoms with Gasteiger partial charge in [0.05, 0.1) is 34.1 Å². The van der Waals surface area contributed by atoms with E-state index >= 15 is 0 Å². The van der Waals surface area contributed by atoms with E-state index in [0.29, 0.717) is 22.8 Å². The molecule has 0 fully saturated rings. The second-order valence-corrected chi connectivity index (χ2v) is 6.61. The van der Waals surface area contributed by atoms with Gasteiger partial charge in [-0.15, -0.1) is 0 Å². The van der Waals surface area contributed by atoms with Crippen LogP contribution in [0.3, 0.4) is 0 Å². The highest BCUT2D eigenvalue weighted by atomic mass is 16.5. The molecule has 0 aliphatic heterocycles. The molecule has 0 unspecified atom stereocenters. The Hall–Kier alpha value is -4.27. The van der Waals surface area contributed by atoms with E-state index < -0.39 is 11.8 Å². The van der Waals surface area contributed by atoms with Gasteiger partial charge in [0.25, 0.3) is 11.8 Å². The van der Waals surface area contributed by atoms with Gasteiger partial charge in [-0.25, -0.2) is 5.43 Å². The molecule has 0 saturated heterocycles. The minimum Gasteiger partial charge on any atom is -0.507 e. The van der Waals surface area contributed by atoms with Crippen molar-refractivity contribution in [3.05, 3.63) is 59.7 Å². The van der Waals surface area contributed by atoms with Crippen molar-refractivity contribution in [1.82, 2.24) is 10.7 Å². The normalized spacial score (nSPS) is 10.7. The molecular weight excluding hydrogens is 414 g/mol. The summed E-state index contributed by atoms with van der Waals surface area (Å²) in [4.78, 5) is 24.5. The summed E-state index contributed by atoms with van der Waals surface area (Å²) in [5.74, 6) is -0.00790. The van der Waals surface area contributed by atoms with E-state index in [9.17, 15) is 14.7 Å².